The molecule has 3 aliphatic rings. The SMILES string of the molecule is Nc1cccc(CN2CCC(C(=O)N3CCC(CN4CCc5ccccc5CC4)CC3)CC2)c1. The van der Waals surface area contributed by atoms with Gasteiger partial charge in [0.1, 0.15) is 0 Å². The van der Waals surface area contributed by atoms with Crippen molar-refractivity contribution in [3.8, 4) is 0 Å². The zero-order valence-corrected chi connectivity index (χ0v) is 20.5. The summed E-state index contributed by atoms with van der Waals surface area (Å²) in [5.41, 5.74) is 11.1. The molecule has 0 bridgehead atoms. The van der Waals surface area contributed by atoms with Gasteiger partial charge < -0.3 is 15.5 Å². The Morgan fingerprint density at radius 3 is 2.12 bits per heavy atom. The van der Waals surface area contributed by atoms with E-state index in [1.165, 1.54) is 49.2 Å². The lowest BCUT2D eigenvalue weighted by Gasteiger charge is -2.38. The Morgan fingerprint density at radius 2 is 1.47 bits per heavy atom. The summed E-state index contributed by atoms with van der Waals surface area (Å²) < 4.78 is 0. The summed E-state index contributed by atoms with van der Waals surface area (Å²) in [6, 6.07) is 17.1. The molecule has 0 spiro atoms. The third-order valence-electron chi connectivity index (χ3n) is 8.25. The number of amides is 1. The molecule has 1 amide bonds. The summed E-state index contributed by atoms with van der Waals surface area (Å²) in [6.45, 7) is 8.35. The molecule has 0 aromatic heterocycles. The third-order valence-corrected chi connectivity index (χ3v) is 8.25. The fourth-order valence-electron chi connectivity index (χ4n) is 6.14. The molecule has 3 heterocycles. The summed E-state index contributed by atoms with van der Waals surface area (Å²) >= 11 is 0. The molecule has 2 saturated heterocycles. The number of benzene rings is 2. The Labute approximate surface area is 204 Å². The second-order valence-electron chi connectivity index (χ2n) is 10.6. The van der Waals surface area contributed by atoms with Crippen LogP contribution in [0, 0.1) is 11.8 Å². The van der Waals surface area contributed by atoms with Gasteiger partial charge in [-0.2, -0.15) is 0 Å². The van der Waals surface area contributed by atoms with Crippen molar-refractivity contribution in [3.63, 3.8) is 0 Å². The van der Waals surface area contributed by atoms with E-state index in [0.717, 1.165) is 70.0 Å². The van der Waals surface area contributed by atoms with E-state index in [0.29, 0.717) is 5.91 Å². The first kappa shape index (κ1) is 23.4. The molecule has 2 N–H and O–H groups in total. The molecular formula is C29H40N4O. The van der Waals surface area contributed by atoms with Gasteiger partial charge >= 0.3 is 0 Å². The minimum Gasteiger partial charge on any atom is -0.399 e. The molecule has 5 rings (SSSR count). The van der Waals surface area contributed by atoms with Crippen molar-refractivity contribution >= 4 is 11.6 Å². The predicted octanol–water partition coefficient (Wildman–Crippen LogP) is 3.82. The molecule has 182 valence electrons. The van der Waals surface area contributed by atoms with Crippen LogP contribution >= 0.6 is 0 Å². The van der Waals surface area contributed by atoms with Crippen molar-refractivity contribution in [1.82, 2.24) is 14.7 Å². The summed E-state index contributed by atoms with van der Waals surface area (Å²) in [5.74, 6) is 1.34. The van der Waals surface area contributed by atoms with Crippen LogP contribution in [-0.2, 0) is 24.2 Å². The van der Waals surface area contributed by atoms with E-state index < -0.39 is 0 Å². The van der Waals surface area contributed by atoms with Gasteiger partial charge in [-0.3, -0.25) is 9.69 Å². The van der Waals surface area contributed by atoms with Crippen LogP contribution in [0.4, 0.5) is 5.69 Å². The van der Waals surface area contributed by atoms with E-state index in [-0.39, 0.29) is 5.92 Å². The molecule has 3 aliphatic heterocycles. The molecular weight excluding hydrogens is 420 g/mol. The summed E-state index contributed by atoms with van der Waals surface area (Å²) in [4.78, 5) is 20.5. The summed E-state index contributed by atoms with van der Waals surface area (Å²) in [6.07, 6.45) is 6.62. The van der Waals surface area contributed by atoms with Crippen LogP contribution in [0.15, 0.2) is 48.5 Å². The quantitative estimate of drug-likeness (QED) is 0.690. The maximum absolute atomic E-state index is 13.2. The number of carbonyl (C=O) groups excluding carboxylic acids is 1. The van der Waals surface area contributed by atoms with E-state index in [4.69, 9.17) is 5.73 Å². The average Bonchev–Trinajstić information content (AvgIpc) is 3.07. The highest BCUT2D eigenvalue weighted by Gasteiger charge is 2.31. The number of hydrogen-bond acceptors (Lipinski definition) is 4. The average molecular weight is 461 g/mol. The van der Waals surface area contributed by atoms with Crippen molar-refractivity contribution in [2.45, 2.75) is 45.1 Å². The molecule has 0 aliphatic carbocycles. The highest BCUT2D eigenvalue weighted by atomic mass is 16.2. The van der Waals surface area contributed by atoms with Crippen molar-refractivity contribution in [2.75, 3.05) is 51.5 Å². The van der Waals surface area contributed by atoms with Gasteiger partial charge in [-0.15, -0.1) is 0 Å². The number of anilines is 1. The number of nitrogens with zero attached hydrogens (tertiary/aromatic N) is 3. The minimum absolute atomic E-state index is 0.206. The van der Waals surface area contributed by atoms with Crippen molar-refractivity contribution < 1.29 is 4.79 Å². The first-order valence-corrected chi connectivity index (χ1v) is 13.3. The topological polar surface area (TPSA) is 52.8 Å². The zero-order valence-electron chi connectivity index (χ0n) is 20.5. The van der Waals surface area contributed by atoms with Gasteiger partial charge in [-0.05, 0) is 86.4 Å². The number of carbonyl (C=O) groups is 1. The highest BCUT2D eigenvalue weighted by molar-refractivity contribution is 5.79. The largest absolute Gasteiger partial charge is 0.399 e. The smallest absolute Gasteiger partial charge is 0.225 e. The molecule has 2 aromatic rings. The number of fused-ring (bicyclic) bond motifs is 1. The van der Waals surface area contributed by atoms with E-state index in [1.54, 1.807) is 0 Å². The van der Waals surface area contributed by atoms with Crippen LogP contribution in [-0.4, -0.2) is 66.4 Å². The molecule has 5 heteroatoms. The first-order valence-electron chi connectivity index (χ1n) is 13.3. The maximum atomic E-state index is 13.2. The standard InChI is InChI=1S/C29H40N4O/c30-28-7-3-4-24(20-28)22-32-16-12-27(13-17-32)29(34)33-18-8-23(9-19-33)21-31-14-10-25-5-1-2-6-26(25)11-15-31/h1-7,20,23,27H,8-19,21-22,30H2. The van der Waals surface area contributed by atoms with Gasteiger partial charge in [0.15, 0.2) is 0 Å². The van der Waals surface area contributed by atoms with Gasteiger partial charge in [-0.25, -0.2) is 0 Å². The molecule has 0 atom stereocenters. The van der Waals surface area contributed by atoms with Gasteiger partial charge in [0.2, 0.25) is 5.91 Å². The lowest BCUT2D eigenvalue weighted by molar-refractivity contribution is -0.138. The second kappa shape index (κ2) is 10.9. The minimum atomic E-state index is 0.206. The maximum Gasteiger partial charge on any atom is 0.225 e. The molecule has 2 aromatic carbocycles. The number of likely N-dealkylation sites (tertiary alicyclic amines) is 2. The fraction of sp³-hybridized carbons (Fsp3) is 0.552. The van der Waals surface area contributed by atoms with Crippen LogP contribution in [0.5, 0.6) is 0 Å². The van der Waals surface area contributed by atoms with E-state index >= 15 is 0 Å². The Balaban J connectivity index is 1.03. The molecule has 2 fully saturated rings. The second-order valence-corrected chi connectivity index (χ2v) is 10.6. The number of hydrogen-bond donors (Lipinski definition) is 1. The van der Waals surface area contributed by atoms with E-state index in [1.807, 2.05) is 12.1 Å². The van der Waals surface area contributed by atoms with E-state index in [2.05, 4.69) is 51.1 Å². The number of piperidine rings is 2. The molecule has 5 nitrogen and oxygen atoms in total. The number of nitrogens with two attached hydrogens (primary N) is 1. The van der Waals surface area contributed by atoms with Crippen molar-refractivity contribution in [1.29, 1.82) is 0 Å². The van der Waals surface area contributed by atoms with Crippen molar-refractivity contribution in [2.24, 2.45) is 11.8 Å². The van der Waals surface area contributed by atoms with Crippen molar-refractivity contribution in [3.05, 3.63) is 65.2 Å². The van der Waals surface area contributed by atoms with Crippen LogP contribution in [0.2, 0.25) is 0 Å². The third kappa shape index (κ3) is 5.81. The predicted molar refractivity (Wildman–Crippen MR) is 138 cm³/mol. The summed E-state index contributed by atoms with van der Waals surface area (Å²) in [7, 11) is 0. The molecule has 0 radical (unpaired) electrons. The Bertz CT molecular complexity index is 933. The fourth-order valence-corrected chi connectivity index (χ4v) is 6.14. The lowest BCUT2D eigenvalue weighted by Crippen LogP contribution is -2.46. The van der Waals surface area contributed by atoms with Gasteiger partial charge in [0.25, 0.3) is 0 Å². The molecule has 0 unspecified atom stereocenters. The van der Waals surface area contributed by atoms with Gasteiger partial charge in [0, 0.05) is 50.9 Å². The monoisotopic (exact) mass is 460 g/mol. The first-order chi connectivity index (χ1) is 16.6. The van der Waals surface area contributed by atoms with Crippen LogP contribution < -0.4 is 5.73 Å². The Kier molecular flexibility index (Phi) is 7.51. The Morgan fingerprint density at radius 1 is 0.794 bits per heavy atom. The van der Waals surface area contributed by atoms with Gasteiger partial charge in [0.05, 0.1) is 0 Å². The lowest BCUT2D eigenvalue weighted by atomic mass is 9.91. The van der Waals surface area contributed by atoms with Gasteiger partial charge in [-0.1, -0.05) is 36.4 Å². The molecule has 34 heavy (non-hydrogen) atoms. The highest BCUT2D eigenvalue weighted by Crippen LogP contribution is 2.26. The summed E-state index contributed by atoms with van der Waals surface area (Å²) in [5, 5.41) is 0. The zero-order chi connectivity index (χ0) is 23.3. The van der Waals surface area contributed by atoms with Crippen LogP contribution in [0.25, 0.3) is 0 Å². The van der Waals surface area contributed by atoms with Crippen LogP contribution in [0.1, 0.15) is 42.4 Å². The Hall–Kier alpha value is -2.37. The normalized spacial score (nSPS) is 21.2. The van der Waals surface area contributed by atoms with E-state index in [9.17, 15) is 4.79 Å². The number of nitrogen functional groups attached to an aromatic ring is 1. The molecule has 0 saturated carbocycles. The number of rotatable bonds is 5. The van der Waals surface area contributed by atoms with Crippen LogP contribution in [0.3, 0.4) is 0 Å².